The summed E-state index contributed by atoms with van der Waals surface area (Å²) in [4.78, 5) is 13.9. The molecule has 3 heteroatoms. The molecule has 1 atom stereocenters. The van der Waals surface area contributed by atoms with E-state index in [-0.39, 0.29) is 17.9 Å². The molecule has 1 fully saturated rings. The zero-order chi connectivity index (χ0) is 23.3. The predicted molar refractivity (Wildman–Crippen MR) is 141 cm³/mol. The molecule has 0 aromatic rings. The van der Waals surface area contributed by atoms with Crippen LogP contribution in [0.4, 0.5) is 0 Å². The molecular formula is C30H60ClNO. The third kappa shape index (κ3) is 16.3. The second-order valence-corrected chi connectivity index (χ2v) is 11.2. The average Bonchev–Trinajstić information content (AvgIpc) is 3.23. The fourth-order valence-electron chi connectivity index (χ4n) is 5.79. The summed E-state index contributed by atoms with van der Waals surface area (Å²) >= 11 is 0. The minimum absolute atomic E-state index is 0. The Kier molecular flexibility index (Phi) is 22.3. The number of carbonyl (C=O) groups excluding carboxylic acids is 1. The van der Waals surface area contributed by atoms with Crippen molar-refractivity contribution in [3.63, 3.8) is 0 Å². The summed E-state index contributed by atoms with van der Waals surface area (Å²) in [6, 6.07) is 0. The number of unbranched alkanes of at least 4 members (excludes halogenated alkanes) is 18. The first-order valence-electron chi connectivity index (χ1n) is 15.0. The van der Waals surface area contributed by atoms with Crippen LogP contribution in [0.25, 0.3) is 0 Å². The lowest BCUT2D eigenvalue weighted by atomic mass is 9.86. The van der Waals surface area contributed by atoms with E-state index in [0.29, 0.717) is 5.91 Å². The van der Waals surface area contributed by atoms with Crippen LogP contribution in [0, 0.1) is 0 Å². The number of likely N-dealkylation sites (tertiary alicyclic amines) is 1. The van der Waals surface area contributed by atoms with Gasteiger partial charge in [-0.1, -0.05) is 129 Å². The molecule has 0 bridgehead atoms. The molecule has 0 aliphatic carbocycles. The van der Waals surface area contributed by atoms with Crippen molar-refractivity contribution in [2.45, 2.75) is 180 Å². The SMILES string of the molecule is CCCCCCCCCCCCC(C)(CCCCCCCCCCCC)[NH+]1CCCC1=O.[Cl-]. The molecule has 1 aliphatic heterocycles. The van der Waals surface area contributed by atoms with E-state index in [2.05, 4.69) is 20.8 Å². The molecule has 198 valence electrons. The Morgan fingerprint density at radius 1 is 0.606 bits per heavy atom. The van der Waals surface area contributed by atoms with E-state index in [4.69, 9.17) is 0 Å². The summed E-state index contributed by atoms with van der Waals surface area (Å²) in [6.07, 6.45) is 32.4. The summed E-state index contributed by atoms with van der Waals surface area (Å²) in [7, 11) is 0. The van der Waals surface area contributed by atoms with E-state index < -0.39 is 0 Å². The summed E-state index contributed by atoms with van der Waals surface area (Å²) in [5, 5.41) is 0. The lowest BCUT2D eigenvalue weighted by molar-refractivity contribution is -0.869. The molecule has 1 saturated heterocycles. The Bertz CT molecular complexity index is 415. The Labute approximate surface area is 214 Å². The van der Waals surface area contributed by atoms with Crippen molar-refractivity contribution in [2.75, 3.05) is 6.54 Å². The molecule has 1 amide bonds. The predicted octanol–water partition coefficient (Wildman–Crippen LogP) is 5.58. The van der Waals surface area contributed by atoms with Crippen LogP contribution in [0.5, 0.6) is 0 Å². The van der Waals surface area contributed by atoms with Gasteiger partial charge in [0, 0.05) is 19.3 Å². The monoisotopic (exact) mass is 485 g/mol. The van der Waals surface area contributed by atoms with Gasteiger partial charge in [0.1, 0.15) is 5.54 Å². The summed E-state index contributed by atoms with van der Waals surface area (Å²) in [5.41, 5.74) is 0.202. The fraction of sp³-hybridized carbons (Fsp3) is 0.967. The number of hydrogen-bond donors (Lipinski definition) is 1. The molecule has 1 heterocycles. The van der Waals surface area contributed by atoms with Crippen LogP contribution in [0.1, 0.15) is 175 Å². The number of halogens is 1. The van der Waals surface area contributed by atoms with Gasteiger partial charge >= 0.3 is 5.91 Å². The van der Waals surface area contributed by atoms with E-state index in [1.54, 1.807) is 0 Å². The van der Waals surface area contributed by atoms with Crippen molar-refractivity contribution >= 4 is 5.91 Å². The van der Waals surface area contributed by atoms with Gasteiger partial charge in [0.2, 0.25) is 0 Å². The third-order valence-electron chi connectivity index (χ3n) is 8.06. The molecule has 1 unspecified atom stereocenters. The van der Waals surface area contributed by atoms with E-state index >= 15 is 0 Å². The third-order valence-corrected chi connectivity index (χ3v) is 8.06. The molecule has 1 aliphatic rings. The number of quaternary nitrogens is 1. The molecule has 1 N–H and O–H groups in total. The van der Waals surface area contributed by atoms with Crippen molar-refractivity contribution in [2.24, 2.45) is 0 Å². The minimum atomic E-state index is 0. The van der Waals surface area contributed by atoms with Crippen LogP contribution < -0.4 is 17.3 Å². The van der Waals surface area contributed by atoms with Gasteiger partial charge in [-0.15, -0.1) is 0 Å². The molecule has 33 heavy (non-hydrogen) atoms. The normalized spacial score (nSPS) is 16.3. The van der Waals surface area contributed by atoms with Gasteiger partial charge in [-0.2, -0.15) is 0 Å². The van der Waals surface area contributed by atoms with Crippen LogP contribution in [-0.4, -0.2) is 18.0 Å². The Balaban J connectivity index is 0.0000102. The number of carbonyl (C=O) groups is 1. The molecule has 0 aromatic heterocycles. The van der Waals surface area contributed by atoms with E-state index in [0.717, 1.165) is 19.4 Å². The average molecular weight is 486 g/mol. The lowest BCUT2D eigenvalue weighted by Crippen LogP contribution is -3.20. The number of hydrogen-bond acceptors (Lipinski definition) is 1. The molecule has 0 saturated carbocycles. The molecule has 0 aromatic carbocycles. The van der Waals surface area contributed by atoms with E-state index in [1.807, 2.05) is 0 Å². The Morgan fingerprint density at radius 2 is 0.939 bits per heavy atom. The highest BCUT2D eigenvalue weighted by atomic mass is 35.5. The van der Waals surface area contributed by atoms with Gasteiger partial charge in [-0.25, -0.2) is 4.79 Å². The van der Waals surface area contributed by atoms with Crippen molar-refractivity contribution in [1.82, 2.24) is 0 Å². The second kappa shape index (κ2) is 22.4. The quantitative estimate of drug-likeness (QED) is 0.187. The van der Waals surface area contributed by atoms with Crippen LogP contribution in [-0.2, 0) is 4.79 Å². The van der Waals surface area contributed by atoms with Crippen molar-refractivity contribution in [3.8, 4) is 0 Å². The zero-order valence-corrected chi connectivity index (χ0v) is 23.7. The standard InChI is InChI=1S/C30H59NO.ClH/c1-4-6-8-10-12-14-16-18-20-22-26-30(3,31-28-24-25-29(31)32)27-23-21-19-17-15-13-11-9-7-5-2;/h4-28H2,1-3H3;1H. The fourth-order valence-corrected chi connectivity index (χ4v) is 5.79. The summed E-state index contributed by atoms with van der Waals surface area (Å²) in [5.74, 6) is 0.506. The number of rotatable bonds is 23. The van der Waals surface area contributed by atoms with Gasteiger partial charge < -0.3 is 12.4 Å². The van der Waals surface area contributed by atoms with E-state index in [1.165, 1.54) is 146 Å². The molecule has 0 spiro atoms. The van der Waals surface area contributed by atoms with Crippen molar-refractivity contribution < 1.29 is 22.1 Å². The number of nitrogens with one attached hydrogen (secondary N) is 1. The van der Waals surface area contributed by atoms with E-state index in [9.17, 15) is 4.79 Å². The smallest absolute Gasteiger partial charge is 0.312 e. The van der Waals surface area contributed by atoms with Gasteiger partial charge in [0.25, 0.3) is 0 Å². The van der Waals surface area contributed by atoms with Crippen LogP contribution >= 0.6 is 0 Å². The van der Waals surface area contributed by atoms with Crippen LogP contribution in [0.2, 0.25) is 0 Å². The topological polar surface area (TPSA) is 21.5 Å². The maximum atomic E-state index is 12.5. The first-order valence-corrected chi connectivity index (χ1v) is 15.0. The zero-order valence-electron chi connectivity index (χ0n) is 23.0. The first-order chi connectivity index (χ1) is 15.6. The van der Waals surface area contributed by atoms with Crippen LogP contribution in [0.15, 0.2) is 0 Å². The summed E-state index contributed by atoms with van der Waals surface area (Å²) < 4.78 is 0. The Hall–Kier alpha value is -0.0800. The van der Waals surface area contributed by atoms with Gasteiger partial charge in [-0.05, 0) is 19.8 Å². The van der Waals surface area contributed by atoms with Crippen molar-refractivity contribution in [1.29, 1.82) is 0 Å². The Morgan fingerprint density at radius 3 is 1.24 bits per heavy atom. The first kappa shape index (κ1) is 32.9. The second-order valence-electron chi connectivity index (χ2n) is 11.2. The highest BCUT2D eigenvalue weighted by Crippen LogP contribution is 2.22. The minimum Gasteiger partial charge on any atom is -1.00 e. The summed E-state index contributed by atoms with van der Waals surface area (Å²) in [6.45, 7) is 8.11. The maximum Gasteiger partial charge on any atom is 0.312 e. The largest absolute Gasteiger partial charge is 1.00 e. The molecule has 2 nitrogen and oxygen atoms in total. The maximum absolute atomic E-state index is 12.5. The van der Waals surface area contributed by atoms with Crippen LogP contribution in [0.3, 0.4) is 0 Å². The van der Waals surface area contributed by atoms with Gasteiger partial charge in [0.05, 0.1) is 13.0 Å². The lowest BCUT2D eigenvalue weighted by Gasteiger charge is -2.34. The molecule has 0 radical (unpaired) electrons. The van der Waals surface area contributed by atoms with Gasteiger partial charge in [0.15, 0.2) is 0 Å². The number of amides is 1. The highest BCUT2D eigenvalue weighted by molar-refractivity contribution is 5.68. The van der Waals surface area contributed by atoms with Gasteiger partial charge in [-0.3, -0.25) is 4.90 Å². The molecular weight excluding hydrogens is 426 g/mol. The molecule has 1 rings (SSSR count). The highest BCUT2D eigenvalue weighted by Gasteiger charge is 2.42. The van der Waals surface area contributed by atoms with Crippen molar-refractivity contribution in [3.05, 3.63) is 0 Å².